The molecule has 36 heavy (non-hydrogen) atoms. The van der Waals surface area contributed by atoms with Gasteiger partial charge in [0.2, 0.25) is 5.88 Å². The number of esters is 1. The van der Waals surface area contributed by atoms with Crippen LogP contribution in [-0.2, 0) is 0 Å². The van der Waals surface area contributed by atoms with Crippen LogP contribution >= 0.6 is 0 Å². The van der Waals surface area contributed by atoms with Gasteiger partial charge in [0.25, 0.3) is 0 Å². The molecule has 0 saturated carbocycles. The first-order valence-electron chi connectivity index (χ1n) is 11.9. The lowest BCUT2D eigenvalue weighted by Gasteiger charge is -2.28. The fraction of sp³-hybridized carbons (Fsp3) is 0.241. The molecule has 0 fully saturated rings. The summed E-state index contributed by atoms with van der Waals surface area (Å²) in [6.45, 7) is 5.04. The third-order valence-corrected chi connectivity index (χ3v) is 5.77. The molecule has 1 heterocycles. The van der Waals surface area contributed by atoms with Crippen LogP contribution in [0.5, 0.6) is 23.0 Å². The van der Waals surface area contributed by atoms with Crippen LogP contribution in [0.3, 0.4) is 0 Å². The highest BCUT2D eigenvalue weighted by atomic mass is 16.5. The standard InChI is InChI=1S/C29H28N2O5/c1-3-5-15-34-25-12-7-6-11-22(25)27-23-14-13-21(17-26(23)36-28(31)24(27)18-30)35-29(32)19-9-8-10-20(16-19)33-4-2/h6-14,16-17,27H,3-5,15,31H2,1-2H3. The van der Waals surface area contributed by atoms with Crippen molar-refractivity contribution in [1.82, 2.24) is 0 Å². The molecule has 0 spiro atoms. The Morgan fingerprint density at radius 2 is 1.83 bits per heavy atom. The predicted octanol–water partition coefficient (Wildman–Crippen LogP) is 5.70. The van der Waals surface area contributed by atoms with E-state index in [0.717, 1.165) is 24.0 Å². The zero-order chi connectivity index (χ0) is 25.5. The van der Waals surface area contributed by atoms with Gasteiger partial charge in [0.15, 0.2) is 0 Å². The molecule has 2 N–H and O–H groups in total. The van der Waals surface area contributed by atoms with Crippen LogP contribution in [0, 0.1) is 11.3 Å². The van der Waals surface area contributed by atoms with Crippen molar-refractivity contribution in [2.75, 3.05) is 13.2 Å². The first kappa shape index (κ1) is 24.7. The normalized spacial score (nSPS) is 14.3. The van der Waals surface area contributed by atoms with Gasteiger partial charge in [-0.25, -0.2) is 4.79 Å². The monoisotopic (exact) mass is 484 g/mol. The number of carbonyl (C=O) groups is 1. The van der Waals surface area contributed by atoms with E-state index in [1.807, 2.05) is 31.2 Å². The molecule has 3 aromatic carbocycles. The highest BCUT2D eigenvalue weighted by Gasteiger charge is 2.33. The summed E-state index contributed by atoms with van der Waals surface area (Å²) < 4.78 is 22.9. The van der Waals surface area contributed by atoms with Crippen LogP contribution in [0.1, 0.15) is 54.1 Å². The number of para-hydroxylation sites is 1. The van der Waals surface area contributed by atoms with E-state index in [0.29, 0.717) is 47.3 Å². The molecule has 7 nitrogen and oxygen atoms in total. The summed E-state index contributed by atoms with van der Waals surface area (Å²) in [6, 6.07) is 21.7. The van der Waals surface area contributed by atoms with Crippen molar-refractivity contribution in [3.8, 4) is 29.1 Å². The molecule has 0 aromatic heterocycles. The smallest absolute Gasteiger partial charge is 0.343 e. The Kier molecular flexibility index (Phi) is 7.76. The Morgan fingerprint density at radius 1 is 1.00 bits per heavy atom. The minimum absolute atomic E-state index is 0.00579. The Morgan fingerprint density at radius 3 is 2.61 bits per heavy atom. The number of nitrogens with two attached hydrogens (primary N) is 1. The highest BCUT2D eigenvalue weighted by Crippen LogP contribution is 2.46. The van der Waals surface area contributed by atoms with Crippen molar-refractivity contribution >= 4 is 5.97 Å². The van der Waals surface area contributed by atoms with Gasteiger partial charge in [-0.3, -0.25) is 0 Å². The minimum Gasteiger partial charge on any atom is -0.494 e. The van der Waals surface area contributed by atoms with Crippen molar-refractivity contribution in [2.24, 2.45) is 5.73 Å². The van der Waals surface area contributed by atoms with Crippen LogP contribution in [-0.4, -0.2) is 19.2 Å². The molecular weight excluding hydrogens is 456 g/mol. The van der Waals surface area contributed by atoms with Gasteiger partial charge in [0.05, 0.1) is 24.7 Å². The maximum atomic E-state index is 12.7. The second kappa shape index (κ2) is 11.3. The van der Waals surface area contributed by atoms with E-state index in [4.69, 9.17) is 24.7 Å². The summed E-state index contributed by atoms with van der Waals surface area (Å²) >= 11 is 0. The quantitative estimate of drug-likeness (QED) is 0.236. The molecule has 1 aliphatic heterocycles. The molecule has 0 bridgehead atoms. The van der Waals surface area contributed by atoms with Crippen LogP contribution in [0.15, 0.2) is 78.2 Å². The zero-order valence-electron chi connectivity index (χ0n) is 20.3. The SMILES string of the molecule is CCCCOc1ccccc1C1C(C#N)=C(N)Oc2cc(OC(=O)c3cccc(OCC)c3)ccc21. The summed E-state index contributed by atoms with van der Waals surface area (Å²) in [4.78, 5) is 12.7. The van der Waals surface area contributed by atoms with Gasteiger partial charge >= 0.3 is 5.97 Å². The Bertz CT molecular complexity index is 1330. The van der Waals surface area contributed by atoms with Gasteiger partial charge in [-0.05, 0) is 43.7 Å². The molecule has 1 unspecified atom stereocenters. The van der Waals surface area contributed by atoms with Crippen LogP contribution in [0.2, 0.25) is 0 Å². The Balaban J connectivity index is 1.65. The third kappa shape index (κ3) is 5.28. The number of rotatable bonds is 9. The lowest BCUT2D eigenvalue weighted by Crippen LogP contribution is -2.21. The second-order valence-electron chi connectivity index (χ2n) is 8.21. The molecule has 4 rings (SSSR count). The predicted molar refractivity (Wildman–Crippen MR) is 135 cm³/mol. The van der Waals surface area contributed by atoms with E-state index < -0.39 is 11.9 Å². The molecule has 7 heteroatoms. The number of ether oxygens (including phenoxy) is 4. The number of carbonyl (C=O) groups excluding carboxylic acids is 1. The number of nitrogens with zero attached hydrogens (tertiary/aromatic N) is 1. The van der Waals surface area contributed by atoms with E-state index in [1.54, 1.807) is 42.5 Å². The average molecular weight is 485 g/mol. The molecule has 3 aromatic rings. The highest BCUT2D eigenvalue weighted by molar-refractivity contribution is 5.91. The largest absolute Gasteiger partial charge is 0.494 e. The number of nitriles is 1. The molecule has 0 aliphatic carbocycles. The number of hydrogen-bond donors (Lipinski definition) is 1. The van der Waals surface area contributed by atoms with E-state index in [9.17, 15) is 10.1 Å². The van der Waals surface area contributed by atoms with Gasteiger partial charge in [-0.15, -0.1) is 0 Å². The molecule has 184 valence electrons. The first-order chi connectivity index (χ1) is 17.5. The van der Waals surface area contributed by atoms with E-state index >= 15 is 0 Å². The number of hydrogen-bond acceptors (Lipinski definition) is 7. The molecule has 0 radical (unpaired) electrons. The minimum atomic E-state index is -0.528. The van der Waals surface area contributed by atoms with Crippen molar-refractivity contribution in [1.29, 1.82) is 5.26 Å². The molecule has 1 atom stereocenters. The van der Waals surface area contributed by atoms with Gasteiger partial charge in [-0.2, -0.15) is 5.26 Å². The zero-order valence-corrected chi connectivity index (χ0v) is 20.3. The summed E-state index contributed by atoms with van der Waals surface area (Å²) in [5.74, 6) is 0.975. The van der Waals surface area contributed by atoms with Gasteiger partial charge in [-0.1, -0.05) is 43.7 Å². The molecule has 1 aliphatic rings. The maximum Gasteiger partial charge on any atom is 0.343 e. The van der Waals surface area contributed by atoms with Crippen LogP contribution in [0.4, 0.5) is 0 Å². The Hall–Kier alpha value is -4.44. The van der Waals surface area contributed by atoms with Crippen LogP contribution in [0.25, 0.3) is 0 Å². The van der Waals surface area contributed by atoms with Gasteiger partial charge in [0.1, 0.15) is 34.6 Å². The lowest BCUT2D eigenvalue weighted by molar-refractivity contribution is 0.0734. The van der Waals surface area contributed by atoms with Crippen molar-refractivity contribution in [3.63, 3.8) is 0 Å². The van der Waals surface area contributed by atoms with Crippen molar-refractivity contribution in [2.45, 2.75) is 32.6 Å². The molecule has 0 amide bonds. The van der Waals surface area contributed by atoms with Gasteiger partial charge < -0.3 is 24.7 Å². The van der Waals surface area contributed by atoms with E-state index in [-0.39, 0.29) is 5.88 Å². The fourth-order valence-corrected chi connectivity index (χ4v) is 4.04. The van der Waals surface area contributed by atoms with E-state index in [2.05, 4.69) is 13.0 Å². The second-order valence-corrected chi connectivity index (χ2v) is 8.21. The fourth-order valence-electron chi connectivity index (χ4n) is 4.04. The summed E-state index contributed by atoms with van der Waals surface area (Å²) in [7, 11) is 0. The maximum absolute atomic E-state index is 12.7. The first-order valence-corrected chi connectivity index (χ1v) is 11.9. The van der Waals surface area contributed by atoms with Crippen molar-refractivity contribution in [3.05, 3.63) is 94.9 Å². The van der Waals surface area contributed by atoms with Crippen molar-refractivity contribution < 1.29 is 23.7 Å². The topological polar surface area (TPSA) is 104 Å². The summed E-state index contributed by atoms with van der Waals surface area (Å²) in [5.41, 5.74) is 8.37. The number of unbranched alkanes of at least 4 members (excludes halogenated alkanes) is 1. The molecular formula is C29H28N2O5. The molecule has 0 saturated heterocycles. The Labute approximate surface area is 210 Å². The average Bonchev–Trinajstić information content (AvgIpc) is 2.88. The number of fused-ring (bicyclic) bond motifs is 1. The number of allylic oxidation sites excluding steroid dienone is 1. The number of benzene rings is 3. The summed E-state index contributed by atoms with van der Waals surface area (Å²) in [5, 5.41) is 9.90. The van der Waals surface area contributed by atoms with Gasteiger partial charge in [0, 0.05) is 17.2 Å². The van der Waals surface area contributed by atoms with E-state index in [1.165, 1.54) is 0 Å². The third-order valence-electron chi connectivity index (χ3n) is 5.77. The lowest BCUT2D eigenvalue weighted by atomic mass is 9.83. The summed E-state index contributed by atoms with van der Waals surface area (Å²) in [6.07, 6.45) is 1.93. The van der Waals surface area contributed by atoms with Crippen LogP contribution < -0.4 is 24.7 Å².